The Balaban J connectivity index is 1.97. The summed E-state index contributed by atoms with van der Waals surface area (Å²) in [6.45, 7) is 3.59. The summed E-state index contributed by atoms with van der Waals surface area (Å²) in [5, 5.41) is 9.61. The molecular formula is C15H22BrNO. The predicted molar refractivity (Wildman–Crippen MR) is 78.9 cm³/mol. The molecular weight excluding hydrogens is 290 g/mol. The van der Waals surface area contributed by atoms with Crippen LogP contribution in [0.2, 0.25) is 0 Å². The molecule has 100 valence electrons. The maximum absolute atomic E-state index is 9.61. The maximum Gasteiger partial charge on any atom is 0.0512 e. The van der Waals surface area contributed by atoms with Crippen LogP contribution in [0, 0.1) is 0 Å². The molecule has 1 unspecified atom stereocenters. The van der Waals surface area contributed by atoms with Gasteiger partial charge in [-0.15, -0.1) is 0 Å². The monoisotopic (exact) mass is 311 g/mol. The van der Waals surface area contributed by atoms with Gasteiger partial charge < -0.3 is 10.0 Å². The van der Waals surface area contributed by atoms with Gasteiger partial charge in [0.15, 0.2) is 0 Å². The van der Waals surface area contributed by atoms with Gasteiger partial charge >= 0.3 is 0 Å². The third-order valence-electron chi connectivity index (χ3n) is 3.74. The van der Waals surface area contributed by atoms with Gasteiger partial charge in [0.25, 0.3) is 0 Å². The van der Waals surface area contributed by atoms with Crippen LogP contribution in [0.3, 0.4) is 0 Å². The molecule has 0 amide bonds. The van der Waals surface area contributed by atoms with Crippen LogP contribution in [0.1, 0.15) is 37.2 Å². The van der Waals surface area contributed by atoms with E-state index in [1.165, 1.54) is 44.3 Å². The molecule has 1 fully saturated rings. The summed E-state index contributed by atoms with van der Waals surface area (Å²) in [6.07, 6.45) is 5.33. The minimum absolute atomic E-state index is 0.234. The summed E-state index contributed by atoms with van der Waals surface area (Å²) in [5.41, 5.74) is 1.24. The molecule has 2 nitrogen and oxygen atoms in total. The van der Waals surface area contributed by atoms with E-state index in [4.69, 9.17) is 0 Å². The van der Waals surface area contributed by atoms with Gasteiger partial charge in [-0.3, -0.25) is 0 Å². The lowest BCUT2D eigenvalue weighted by atomic mass is 9.99. The van der Waals surface area contributed by atoms with E-state index in [0.717, 1.165) is 11.0 Å². The van der Waals surface area contributed by atoms with Crippen molar-refractivity contribution < 1.29 is 5.11 Å². The van der Waals surface area contributed by atoms with Crippen LogP contribution in [-0.4, -0.2) is 36.2 Å². The highest BCUT2D eigenvalue weighted by Crippen LogP contribution is 2.21. The lowest BCUT2D eigenvalue weighted by Gasteiger charge is -2.25. The van der Waals surface area contributed by atoms with E-state index in [2.05, 4.69) is 45.1 Å². The zero-order valence-corrected chi connectivity index (χ0v) is 12.4. The van der Waals surface area contributed by atoms with Crippen LogP contribution in [0.4, 0.5) is 0 Å². The van der Waals surface area contributed by atoms with Gasteiger partial charge in [0.1, 0.15) is 0 Å². The van der Waals surface area contributed by atoms with Gasteiger partial charge in [-0.05, 0) is 43.6 Å². The maximum atomic E-state index is 9.61. The Hall–Kier alpha value is -0.380. The fourth-order valence-corrected chi connectivity index (χ4v) is 2.90. The first-order valence-electron chi connectivity index (χ1n) is 6.88. The summed E-state index contributed by atoms with van der Waals surface area (Å²) in [6, 6.07) is 8.34. The standard InChI is InChI=1S/C15H22BrNO/c16-15-7-5-13(6-8-15)14(12-18)11-17-9-3-1-2-4-10-17/h5-8,14,18H,1-4,9-12H2. The fraction of sp³-hybridized carbons (Fsp3) is 0.600. The van der Waals surface area contributed by atoms with Crippen LogP contribution in [-0.2, 0) is 0 Å². The summed E-state index contributed by atoms with van der Waals surface area (Å²) in [4.78, 5) is 2.51. The van der Waals surface area contributed by atoms with Crippen LogP contribution in [0.15, 0.2) is 28.7 Å². The van der Waals surface area contributed by atoms with E-state index in [1.54, 1.807) is 0 Å². The topological polar surface area (TPSA) is 23.5 Å². The van der Waals surface area contributed by atoms with Gasteiger partial charge in [0.2, 0.25) is 0 Å². The molecule has 0 spiro atoms. The molecule has 0 bridgehead atoms. The molecule has 18 heavy (non-hydrogen) atoms. The van der Waals surface area contributed by atoms with Crippen LogP contribution in [0.5, 0.6) is 0 Å². The fourth-order valence-electron chi connectivity index (χ4n) is 2.63. The van der Waals surface area contributed by atoms with E-state index in [9.17, 15) is 5.11 Å². The Bertz CT molecular complexity index is 344. The van der Waals surface area contributed by atoms with Crippen molar-refractivity contribution in [2.24, 2.45) is 0 Å². The average Bonchev–Trinajstić information content (AvgIpc) is 2.66. The second kappa shape index (κ2) is 7.27. The molecule has 0 saturated carbocycles. The van der Waals surface area contributed by atoms with Crippen molar-refractivity contribution in [1.29, 1.82) is 0 Å². The number of nitrogens with zero attached hydrogens (tertiary/aromatic N) is 1. The van der Waals surface area contributed by atoms with Crippen molar-refractivity contribution in [1.82, 2.24) is 4.90 Å². The molecule has 1 saturated heterocycles. The highest BCUT2D eigenvalue weighted by molar-refractivity contribution is 9.10. The molecule has 1 heterocycles. The second-order valence-electron chi connectivity index (χ2n) is 5.15. The minimum Gasteiger partial charge on any atom is -0.396 e. The van der Waals surface area contributed by atoms with E-state index >= 15 is 0 Å². The van der Waals surface area contributed by atoms with Gasteiger partial charge in [0, 0.05) is 16.9 Å². The number of aliphatic hydroxyl groups is 1. The van der Waals surface area contributed by atoms with Crippen molar-refractivity contribution in [2.45, 2.75) is 31.6 Å². The van der Waals surface area contributed by atoms with Crippen molar-refractivity contribution >= 4 is 15.9 Å². The first kappa shape index (κ1) is 14.0. The average molecular weight is 312 g/mol. The van der Waals surface area contributed by atoms with E-state index in [-0.39, 0.29) is 12.5 Å². The van der Waals surface area contributed by atoms with E-state index < -0.39 is 0 Å². The number of halogens is 1. The number of likely N-dealkylation sites (tertiary alicyclic amines) is 1. The molecule has 0 aromatic heterocycles. The SMILES string of the molecule is OCC(CN1CCCCCC1)c1ccc(Br)cc1. The molecule has 1 atom stereocenters. The minimum atomic E-state index is 0.234. The predicted octanol–water partition coefficient (Wildman–Crippen LogP) is 3.40. The van der Waals surface area contributed by atoms with E-state index in [0.29, 0.717) is 0 Å². The molecule has 1 aromatic rings. The molecule has 1 aromatic carbocycles. The molecule has 1 N–H and O–H groups in total. The number of rotatable bonds is 4. The smallest absolute Gasteiger partial charge is 0.0512 e. The van der Waals surface area contributed by atoms with Crippen LogP contribution < -0.4 is 0 Å². The summed E-state index contributed by atoms with van der Waals surface area (Å²) < 4.78 is 1.10. The summed E-state index contributed by atoms with van der Waals surface area (Å²) in [5.74, 6) is 0.246. The highest BCUT2D eigenvalue weighted by Gasteiger charge is 2.16. The third kappa shape index (κ3) is 4.08. The molecule has 3 heteroatoms. The Labute approximate surface area is 118 Å². The van der Waals surface area contributed by atoms with E-state index in [1.807, 2.05) is 0 Å². The lowest BCUT2D eigenvalue weighted by Crippen LogP contribution is -2.30. The Morgan fingerprint density at radius 1 is 1.06 bits per heavy atom. The van der Waals surface area contributed by atoms with Gasteiger partial charge in [-0.25, -0.2) is 0 Å². The Morgan fingerprint density at radius 3 is 2.22 bits per heavy atom. The molecule has 0 radical (unpaired) electrons. The van der Waals surface area contributed by atoms with Crippen LogP contribution in [0.25, 0.3) is 0 Å². The second-order valence-corrected chi connectivity index (χ2v) is 6.06. The van der Waals surface area contributed by atoms with Crippen LogP contribution >= 0.6 is 15.9 Å². The lowest BCUT2D eigenvalue weighted by molar-refractivity contribution is 0.203. The summed E-state index contributed by atoms with van der Waals surface area (Å²) >= 11 is 3.45. The normalized spacial score (nSPS) is 19.4. The first-order chi connectivity index (χ1) is 8.79. The number of hydrogen-bond donors (Lipinski definition) is 1. The third-order valence-corrected chi connectivity index (χ3v) is 4.27. The molecule has 1 aliphatic heterocycles. The highest BCUT2D eigenvalue weighted by atomic mass is 79.9. The largest absolute Gasteiger partial charge is 0.396 e. The van der Waals surface area contributed by atoms with Gasteiger partial charge in [-0.2, -0.15) is 0 Å². The molecule has 2 rings (SSSR count). The first-order valence-corrected chi connectivity index (χ1v) is 7.67. The Morgan fingerprint density at radius 2 is 1.67 bits per heavy atom. The number of benzene rings is 1. The van der Waals surface area contributed by atoms with Crippen molar-refractivity contribution in [3.63, 3.8) is 0 Å². The Kier molecular flexibility index (Phi) is 5.67. The number of hydrogen-bond acceptors (Lipinski definition) is 2. The van der Waals surface area contributed by atoms with Crippen molar-refractivity contribution in [3.8, 4) is 0 Å². The van der Waals surface area contributed by atoms with Crippen molar-refractivity contribution in [3.05, 3.63) is 34.3 Å². The molecule has 0 aliphatic carbocycles. The van der Waals surface area contributed by atoms with Crippen molar-refractivity contribution in [2.75, 3.05) is 26.2 Å². The number of aliphatic hydroxyl groups excluding tert-OH is 1. The molecule has 1 aliphatic rings. The zero-order valence-electron chi connectivity index (χ0n) is 10.8. The summed E-state index contributed by atoms with van der Waals surface area (Å²) in [7, 11) is 0. The zero-order chi connectivity index (χ0) is 12.8. The van der Waals surface area contributed by atoms with Gasteiger partial charge in [0.05, 0.1) is 6.61 Å². The quantitative estimate of drug-likeness (QED) is 0.921. The van der Waals surface area contributed by atoms with Gasteiger partial charge in [-0.1, -0.05) is 40.9 Å².